The van der Waals surface area contributed by atoms with Crippen LogP contribution >= 0.6 is 0 Å². The summed E-state index contributed by atoms with van der Waals surface area (Å²) in [5.74, 6) is 0.0594. The van der Waals surface area contributed by atoms with Gasteiger partial charge in [0.25, 0.3) is 5.91 Å². The van der Waals surface area contributed by atoms with Crippen molar-refractivity contribution in [3.63, 3.8) is 0 Å². The van der Waals surface area contributed by atoms with E-state index >= 15 is 0 Å². The fraction of sp³-hybridized carbons (Fsp3) is 0.417. The van der Waals surface area contributed by atoms with Gasteiger partial charge in [0.15, 0.2) is 11.5 Å². The van der Waals surface area contributed by atoms with Crippen LogP contribution in [0.4, 0.5) is 13.2 Å². The van der Waals surface area contributed by atoms with Crippen LogP contribution in [0.2, 0.25) is 0 Å². The van der Waals surface area contributed by atoms with Crippen LogP contribution in [0.3, 0.4) is 0 Å². The molecule has 12 heteroatoms. The van der Waals surface area contributed by atoms with Crippen molar-refractivity contribution in [3.8, 4) is 17.2 Å². The van der Waals surface area contributed by atoms with E-state index in [1.54, 1.807) is 11.0 Å². The summed E-state index contributed by atoms with van der Waals surface area (Å²) < 4.78 is 50.7. The van der Waals surface area contributed by atoms with Crippen molar-refractivity contribution >= 4 is 22.7 Å². The molecule has 0 spiro atoms. The van der Waals surface area contributed by atoms with Crippen LogP contribution in [0.5, 0.6) is 5.75 Å². The lowest BCUT2D eigenvalue weighted by molar-refractivity contribution is -0.141. The van der Waals surface area contributed by atoms with Crippen molar-refractivity contribution in [2.24, 2.45) is 11.7 Å². The number of nitrogens with two attached hydrogens (primary N) is 1. The van der Waals surface area contributed by atoms with Gasteiger partial charge in [0.1, 0.15) is 17.0 Å². The summed E-state index contributed by atoms with van der Waals surface area (Å²) in [4.78, 5) is 35.0. The number of methoxy groups -OCH3 is 1. The average molecular weight is 503 g/mol. The number of hydrogen-bond donors (Lipinski definition) is 2. The molecule has 5 rings (SSSR count). The zero-order valence-corrected chi connectivity index (χ0v) is 19.4. The first-order valence-electron chi connectivity index (χ1n) is 11.5. The summed E-state index contributed by atoms with van der Waals surface area (Å²) in [7, 11) is 1.33. The molecule has 1 saturated heterocycles. The minimum atomic E-state index is -4.63. The van der Waals surface area contributed by atoms with Gasteiger partial charge < -0.3 is 25.1 Å². The van der Waals surface area contributed by atoms with Gasteiger partial charge >= 0.3 is 6.18 Å². The van der Waals surface area contributed by atoms with Crippen LogP contribution in [0.25, 0.3) is 22.4 Å². The third kappa shape index (κ3) is 4.48. The first-order chi connectivity index (χ1) is 17.2. The Bertz CT molecular complexity index is 1340. The molecule has 1 atom stereocenters. The summed E-state index contributed by atoms with van der Waals surface area (Å²) in [5.41, 5.74) is 5.12. The van der Waals surface area contributed by atoms with Gasteiger partial charge in [-0.15, -0.1) is 0 Å². The van der Waals surface area contributed by atoms with Gasteiger partial charge in [0, 0.05) is 36.0 Å². The highest BCUT2D eigenvalue weighted by molar-refractivity contribution is 5.98. The summed E-state index contributed by atoms with van der Waals surface area (Å²) >= 11 is 0. The van der Waals surface area contributed by atoms with E-state index in [-0.39, 0.29) is 58.9 Å². The molecule has 190 valence electrons. The maximum Gasteiger partial charge on any atom is 0.433 e. The molecule has 2 aromatic heterocycles. The molecule has 1 saturated carbocycles. The van der Waals surface area contributed by atoms with Gasteiger partial charge in [0.2, 0.25) is 11.8 Å². The third-order valence-electron chi connectivity index (χ3n) is 6.42. The SMILES string of the molecule is COc1ccc(-c2nc(C(=O)N3CC[C@@H](NC(=O)C4CC4)C3)c(CN)o2)c2ccc(C(F)(F)F)nc12. The molecule has 0 unspecified atom stereocenters. The molecule has 3 heterocycles. The monoisotopic (exact) mass is 503 g/mol. The number of pyridine rings is 1. The maximum absolute atomic E-state index is 13.2. The van der Waals surface area contributed by atoms with Gasteiger partial charge in [0.05, 0.1) is 13.7 Å². The highest BCUT2D eigenvalue weighted by Gasteiger charge is 2.36. The van der Waals surface area contributed by atoms with Crippen molar-refractivity contribution < 1.29 is 31.9 Å². The van der Waals surface area contributed by atoms with Gasteiger partial charge in [-0.05, 0) is 43.5 Å². The molecule has 1 aromatic carbocycles. The van der Waals surface area contributed by atoms with E-state index in [4.69, 9.17) is 14.9 Å². The number of nitrogens with zero attached hydrogens (tertiary/aromatic N) is 3. The highest BCUT2D eigenvalue weighted by Crippen LogP contribution is 2.37. The Labute approximate surface area is 203 Å². The first-order valence-corrected chi connectivity index (χ1v) is 11.5. The Morgan fingerprint density at radius 2 is 1.97 bits per heavy atom. The van der Waals surface area contributed by atoms with Crippen LogP contribution in [-0.4, -0.2) is 52.9 Å². The molecule has 2 fully saturated rings. The lowest BCUT2D eigenvalue weighted by Gasteiger charge is -2.16. The van der Waals surface area contributed by atoms with Crippen molar-refractivity contribution in [1.29, 1.82) is 0 Å². The number of rotatable bonds is 6. The molecule has 2 aliphatic rings. The van der Waals surface area contributed by atoms with Crippen molar-refractivity contribution in [1.82, 2.24) is 20.2 Å². The molecule has 36 heavy (non-hydrogen) atoms. The number of carbonyl (C=O) groups is 2. The van der Waals surface area contributed by atoms with Crippen molar-refractivity contribution in [2.45, 2.75) is 38.0 Å². The van der Waals surface area contributed by atoms with Crippen LogP contribution in [-0.2, 0) is 17.5 Å². The van der Waals surface area contributed by atoms with E-state index in [1.807, 2.05) is 0 Å². The molecule has 9 nitrogen and oxygen atoms in total. The van der Waals surface area contributed by atoms with Crippen LogP contribution in [0.1, 0.15) is 41.2 Å². The molecule has 3 aromatic rings. The molecule has 3 N–H and O–H groups in total. The topological polar surface area (TPSA) is 124 Å². The van der Waals surface area contributed by atoms with E-state index in [0.29, 0.717) is 30.5 Å². The number of alkyl halides is 3. The van der Waals surface area contributed by atoms with E-state index in [9.17, 15) is 22.8 Å². The van der Waals surface area contributed by atoms with Crippen molar-refractivity contribution in [2.75, 3.05) is 20.2 Å². The number of likely N-dealkylation sites (tertiary alicyclic amines) is 1. The molecular weight excluding hydrogens is 479 g/mol. The number of oxazole rings is 1. The predicted molar refractivity (Wildman–Crippen MR) is 122 cm³/mol. The standard InChI is InChI=1S/C24H24F3N5O4/c1-35-16-6-4-15(14-5-7-18(24(25,26)27)30-19(14)16)22-31-20(17(10-28)36-22)23(34)32-9-8-13(11-32)29-21(33)12-2-3-12/h4-7,12-13H,2-3,8-11,28H2,1H3,(H,29,33)/t13-/m1/s1. The van der Waals surface area contributed by atoms with Crippen molar-refractivity contribution in [3.05, 3.63) is 41.4 Å². The second-order valence-corrected chi connectivity index (χ2v) is 8.92. The zero-order chi connectivity index (χ0) is 25.6. The molecule has 1 aliphatic carbocycles. The smallest absolute Gasteiger partial charge is 0.433 e. The van der Waals surface area contributed by atoms with Crippen LogP contribution in [0, 0.1) is 5.92 Å². The van der Waals surface area contributed by atoms with E-state index in [1.165, 1.54) is 19.2 Å². The Hall–Kier alpha value is -3.67. The maximum atomic E-state index is 13.2. The summed E-state index contributed by atoms with van der Waals surface area (Å²) in [6, 6.07) is 5.05. The quantitative estimate of drug-likeness (QED) is 0.530. The second-order valence-electron chi connectivity index (χ2n) is 8.92. The van der Waals surface area contributed by atoms with Gasteiger partial charge in [-0.25, -0.2) is 9.97 Å². The lowest BCUT2D eigenvalue weighted by Crippen LogP contribution is -2.39. The number of benzene rings is 1. The number of carbonyl (C=O) groups excluding carboxylic acids is 2. The molecular formula is C24H24F3N5O4. The van der Waals surface area contributed by atoms with E-state index < -0.39 is 11.9 Å². The Morgan fingerprint density at radius 1 is 1.19 bits per heavy atom. The van der Waals surface area contributed by atoms with Crippen LogP contribution in [0.15, 0.2) is 28.7 Å². The number of hydrogen-bond acceptors (Lipinski definition) is 7. The number of amides is 2. The predicted octanol–water partition coefficient (Wildman–Crippen LogP) is 3.12. The number of fused-ring (bicyclic) bond motifs is 1. The van der Waals surface area contributed by atoms with Gasteiger partial charge in [-0.1, -0.05) is 0 Å². The second kappa shape index (κ2) is 9.08. The Kier molecular flexibility index (Phi) is 6.07. The molecule has 2 amide bonds. The summed E-state index contributed by atoms with van der Waals surface area (Å²) in [5, 5.41) is 3.30. The Morgan fingerprint density at radius 3 is 2.64 bits per heavy atom. The molecule has 0 radical (unpaired) electrons. The summed E-state index contributed by atoms with van der Waals surface area (Å²) in [6.07, 6.45) is -2.20. The third-order valence-corrected chi connectivity index (χ3v) is 6.42. The fourth-order valence-corrected chi connectivity index (χ4v) is 4.35. The normalized spacial score (nSPS) is 18.0. The summed E-state index contributed by atoms with van der Waals surface area (Å²) in [6.45, 7) is 0.684. The molecule has 0 bridgehead atoms. The zero-order valence-electron chi connectivity index (χ0n) is 19.4. The Balaban J connectivity index is 1.45. The minimum absolute atomic E-state index is 0.0148. The number of halogens is 3. The number of aromatic nitrogens is 2. The van der Waals surface area contributed by atoms with Crippen LogP contribution < -0.4 is 15.8 Å². The first kappa shape index (κ1) is 24.0. The molecule has 1 aliphatic heterocycles. The minimum Gasteiger partial charge on any atom is -0.494 e. The fourth-order valence-electron chi connectivity index (χ4n) is 4.35. The number of nitrogens with one attached hydrogen (secondary N) is 1. The van der Waals surface area contributed by atoms with E-state index in [0.717, 1.165) is 18.9 Å². The average Bonchev–Trinajstić information content (AvgIpc) is 3.47. The van der Waals surface area contributed by atoms with E-state index in [2.05, 4.69) is 15.3 Å². The highest BCUT2D eigenvalue weighted by atomic mass is 19.4. The largest absolute Gasteiger partial charge is 0.494 e. The lowest BCUT2D eigenvalue weighted by atomic mass is 10.1. The van der Waals surface area contributed by atoms with Gasteiger partial charge in [-0.3, -0.25) is 9.59 Å². The number of ether oxygens (including phenoxy) is 1. The van der Waals surface area contributed by atoms with Gasteiger partial charge in [-0.2, -0.15) is 13.2 Å².